The van der Waals surface area contributed by atoms with Crippen LogP contribution in [0.3, 0.4) is 0 Å². The van der Waals surface area contributed by atoms with Gasteiger partial charge >= 0.3 is 0 Å². The summed E-state index contributed by atoms with van der Waals surface area (Å²) in [7, 11) is 1.86. The van der Waals surface area contributed by atoms with Crippen molar-refractivity contribution in [3.8, 4) is 11.5 Å². The van der Waals surface area contributed by atoms with Crippen molar-refractivity contribution in [2.75, 3.05) is 13.6 Å². The van der Waals surface area contributed by atoms with Gasteiger partial charge in [-0.25, -0.2) is 4.39 Å². The Morgan fingerprint density at radius 1 is 1.41 bits per heavy atom. The number of hydrogen-bond acceptors (Lipinski definition) is 4. The van der Waals surface area contributed by atoms with Crippen molar-refractivity contribution in [1.29, 1.82) is 0 Å². The van der Waals surface area contributed by atoms with Crippen LogP contribution in [0.4, 0.5) is 4.39 Å². The first-order chi connectivity index (χ1) is 8.20. The van der Waals surface area contributed by atoms with E-state index in [0.29, 0.717) is 23.7 Å². The maximum atomic E-state index is 13.1. The molecule has 2 aromatic rings. The van der Waals surface area contributed by atoms with Crippen LogP contribution >= 0.6 is 0 Å². The molecule has 0 atom stereocenters. The third kappa shape index (κ3) is 2.68. The molecule has 5 heteroatoms. The van der Waals surface area contributed by atoms with Crippen molar-refractivity contribution >= 4 is 0 Å². The van der Waals surface area contributed by atoms with Crippen molar-refractivity contribution < 1.29 is 8.91 Å². The van der Waals surface area contributed by atoms with Gasteiger partial charge in [-0.2, -0.15) is 4.98 Å². The van der Waals surface area contributed by atoms with E-state index in [1.165, 1.54) is 12.1 Å². The zero-order chi connectivity index (χ0) is 12.3. The van der Waals surface area contributed by atoms with Crippen LogP contribution in [0.25, 0.3) is 11.5 Å². The van der Waals surface area contributed by atoms with Gasteiger partial charge in [-0.05, 0) is 31.7 Å². The lowest BCUT2D eigenvalue weighted by atomic mass is 10.1. The topological polar surface area (TPSA) is 51.0 Å². The molecule has 0 aliphatic carbocycles. The summed E-state index contributed by atoms with van der Waals surface area (Å²) in [6, 6.07) is 4.52. The highest BCUT2D eigenvalue weighted by molar-refractivity contribution is 5.57. The molecule has 1 aromatic carbocycles. The fraction of sp³-hybridized carbons (Fsp3) is 0.333. The summed E-state index contributed by atoms with van der Waals surface area (Å²) in [5.41, 5.74) is 1.56. The van der Waals surface area contributed by atoms with Gasteiger partial charge in [-0.1, -0.05) is 11.2 Å². The second-order valence-electron chi connectivity index (χ2n) is 3.83. The number of aryl methyl sites for hydroxylation is 1. The van der Waals surface area contributed by atoms with E-state index < -0.39 is 0 Å². The fourth-order valence-corrected chi connectivity index (χ4v) is 1.53. The molecule has 1 aromatic heterocycles. The van der Waals surface area contributed by atoms with Crippen molar-refractivity contribution in [3.63, 3.8) is 0 Å². The summed E-state index contributed by atoms with van der Waals surface area (Å²) >= 11 is 0. The van der Waals surface area contributed by atoms with E-state index in [0.717, 1.165) is 12.1 Å². The molecule has 0 spiro atoms. The molecule has 0 aliphatic rings. The SMILES string of the molecule is CNCCc1noc(-c2cc(F)ccc2C)n1. The molecule has 1 N–H and O–H groups in total. The molecule has 0 fully saturated rings. The Morgan fingerprint density at radius 2 is 2.24 bits per heavy atom. The predicted molar refractivity (Wildman–Crippen MR) is 62.1 cm³/mol. The zero-order valence-corrected chi connectivity index (χ0v) is 9.83. The van der Waals surface area contributed by atoms with Crippen molar-refractivity contribution in [2.24, 2.45) is 0 Å². The molecule has 0 saturated heterocycles. The predicted octanol–water partition coefficient (Wildman–Crippen LogP) is 1.95. The summed E-state index contributed by atoms with van der Waals surface area (Å²) in [5.74, 6) is 0.687. The molecular weight excluding hydrogens is 221 g/mol. The van der Waals surface area contributed by atoms with E-state index in [1.54, 1.807) is 6.07 Å². The number of hydrogen-bond donors (Lipinski definition) is 1. The largest absolute Gasteiger partial charge is 0.334 e. The highest BCUT2D eigenvalue weighted by Crippen LogP contribution is 2.22. The minimum Gasteiger partial charge on any atom is -0.334 e. The number of likely N-dealkylation sites (N-methyl/N-ethyl adjacent to an activating group) is 1. The Morgan fingerprint density at radius 3 is 3.00 bits per heavy atom. The van der Waals surface area contributed by atoms with Gasteiger partial charge in [-0.15, -0.1) is 0 Å². The number of nitrogens with one attached hydrogen (secondary N) is 1. The van der Waals surface area contributed by atoms with Gasteiger partial charge < -0.3 is 9.84 Å². The van der Waals surface area contributed by atoms with E-state index in [9.17, 15) is 4.39 Å². The van der Waals surface area contributed by atoms with E-state index in [4.69, 9.17) is 4.52 Å². The average Bonchev–Trinajstić information content (AvgIpc) is 2.78. The van der Waals surface area contributed by atoms with Crippen LogP contribution in [0, 0.1) is 12.7 Å². The van der Waals surface area contributed by atoms with Gasteiger partial charge in [0.05, 0.1) is 0 Å². The minimum absolute atomic E-state index is 0.305. The lowest BCUT2D eigenvalue weighted by molar-refractivity contribution is 0.421. The first-order valence-electron chi connectivity index (χ1n) is 5.44. The highest BCUT2D eigenvalue weighted by Gasteiger charge is 2.11. The molecule has 90 valence electrons. The molecule has 2 rings (SSSR count). The van der Waals surface area contributed by atoms with Gasteiger partial charge in [0.25, 0.3) is 5.89 Å². The van der Waals surface area contributed by atoms with E-state index in [1.807, 2.05) is 14.0 Å². The summed E-state index contributed by atoms with van der Waals surface area (Å²) in [6.45, 7) is 2.66. The number of rotatable bonds is 4. The van der Waals surface area contributed by atoms with E-state index >= 15 is 0 Å². The van der Waals surface area contributed by atoms with Crippen LogP contribution in [0.5, 0.6) is 0 Å². The second kappa shape index (κ2) is 5.05. The van der Waals surface area contributed by atoms with Crippen LogP contribution in [0.2, 0.25) is 0 Å². The molecule has 0 saturated carbocycles. The zero-order valence-electron chi connectivity index (χ0n) is 9.83. The summed E-state index contributed by atoms with van der Waals surface area (Å²) in [4.78, 5) is 4.24. The molecular formula is C12H14FN3O. The standard InChI is InChI=1S/C12H14FN3O/c1-8-3-4-9(13)7-10(8)12-15-11(16-17-12)5-6-14-2/h3-4,7,14H,5-6H2,1-2H3. The van der Waals surface area contributed by atoms with Crippen LogP contribution in [-0.4, -0.2) is 23.7 Å². The van der Waals surface area contributed by atoms with Gasteiger partial charge in [0.2, 0.25) is 0 Å². The Bertz CT molecular complexity index is 510. The molecule has 0 amide bonds. The number of halogens is 1. The average molecular weight is 235 g/mol. The fourth-order valence-electron chi connectivity index (χ4n) is 1.53. The highest BCUT2D eigenvalue weighted by atomic mass is 19.1. The first-order valence-corrected chi connectivity index (χ1v) is 5.44. The van der Waals surface area contributed by atoms with Crippen LogP contribution in [-0.2, 0) is 6.42 Å². The molecule has 0 unspecified atom stereocenters. The second-order valence-corrected chi connectivity index (χ2v) is 3.83. The van der Waals surface area contributed by atoms with E-state index in [2.05, 4.69) is 15.5 Å². The quantitative estimate of drug-likeness (QED) is 0.880. The van der Waals surface area contributed by atoms with Crippen LogP contribution in [0.15, 0.2) is 22.7 Å². The summed E-state index contributed by atoms with van der Waals surface area (Å²) in [6.07, 6.45) is 0.689. The monoisotopic (exact) mass is 235 g/mol. The summed E-state index contributed by atoms with van der Waals surface area (Å²) < 4.78 is 18.3. The number of aromatic nitrogens is 2. The van der Waals surface area contributed by atoms with Crippen molar-refractivity contribution in [3.05, 3.63) is 35.4 Å². The third-order valence-electron chi connectivity index (χ3n) is 2.50. The number of benzene rings is 1. The lowest BCUT2D eigenvalue weighted by Gasteiger charge is -1.99. The molecule has 0 radical (unpaired) electrons. The van der Waals surface area contributed by atoms with Gasteiger partial charge in [0.15, 0.2) is 5.82 Å². The smallest absolute Gasteiger partial charge is 0.258 e. The van der Waals surface area contributed by atoms with Crippen LogP contribution in [0.1, 0.15) is 11.4 Å². The molecule has 4 nitrogen and oxygen atoms in total. The first kappa shape index (κ1) is 11.7. The van der Waals surface area contributed by atoms with Gasteiger partial charge in [0.1, 0.15) is 5.82 Å². The third-order valence-corrected chi connectivity index (χ3v) is 2.50. The Labute approximate surface area is 98.8 Å². The molecule has 17 heavy (non-hydrogen) atoms. The molecule has 0 aliphatic heterocycles. The van der Waals surface area contributed by atoms with Crippen molar-refractivity contribution in [1.82, 2.24) is 15.5 Å². The molecule has 0 bridgehead atoms. The maximum absolute atomic E-state index is 13.1. The van der Waals surface area contributed by atoms with Crippen LogP contribution < -0.4 is 5.32 Å². The Balaban J connectivity index is 2.27. The van der Waals surface area contributed by atoms with Gasteiger partial charge in [-0.3, -0.25) is 0 Å². The summed E-state index contributed by atoms with van der Waals surface area (Å²) in [5, 5.41) is 6.86. The maximum Gasteiger partial charge on any atom is 0.258 e. The lowest BCUT2D eigenvalue weighted by Crippen LogP contribution is -2.11. The van der Waals surface area contributed by atoms with Crippen molar-refractivity contribution in [2.45, 2.75) is 13.3 Å². The number of nitrogens with zero attached hydrogens (tertiary/aromatic N) is 2. The normalized spacial score (nSPS) is 10.8. The minimum atomic E-state index is -0.305. The Hall–Kier alpha value is -1.75. The van der Waals surface area contributed by atoms with Gasteiger partial charge in [0, 0.05) is 18.5 Å². The molecule has 1 heterocycles. The van der Waals surface area contributed by atoms with E-state index in [-0.39, 0.29) is 5.82 Å². The Kier molecular flexibility index (Phi) is 3.49.